The number of fused-ring (bicyclic) bond motifs is 1. The molecule has 238 valence electrons. The van der Waals surface area contributed by atoms with Crippen molar-refractivity contribution < 1.29 is 13.6 Å². The summed E-state index contributed by atoms with van der Waals surface area (Å²) in [5.74, 6) is -2.60. The van der Waals surface area contributed by atoms with E-state index in [4.69, 9.17) is 4.98 Å². The van der Waals surface area contributed by atoms with E-state index in [0.717, 1.165) is 57.5 Å². The molecule has 12 heteroatoms. The smallest absolute Gasteiger partial charge is 0.264 e. The molecule has 5 heterocycles. The third-order valence-electron chi connectivity index (χ3n) is 9.08. The van der Waals surface area contributed by atoms with Crippen molar-refractivity contribution in [1.82, 2.24) is 29.7 Å². The second-order valence-electron chi connectivity index (χ2n) is 11.8. The zero-order valence-corrected chi connectivity index (χ0v) is 26.2. The molecule has 0 spiro atoms. The monoisotopic (exact) mass is 610 g/mol. The fourth-order valence-corrected chi connectivity index (χ4v) is 6.68. The number of hydrogen-bond donors (Lipinski definition) is 2. The molecular weight excluding hydrogens is 566 g/mol. The number of anilines is 3. The van der Waals surface area contributed by atoms with Gasteiger partial charge in [0.15, 0.2) is 5.78 Å². The van der Waals surface area contributed by atoms with E-state index in [1.165, 1.54) is 6.92 Å². The lowest BCUT2D eigenvalue weighted by Crippen LogP contribution is -2.53. The lowest BCUT2D eigenvalue weighted by Gasteiger charge is -2.40. The summed E-state index contributed by atoms with van der Waals surface area (Å²) in [5.41, 5.74) is 2.03. The summed E-state index contributed by atoms with van der Waals surface area (Å²) in [6, 6.07) is 3.85. The van der Waals surface area contributed by atoms with E-state index in [1.54, 1.807) is 23.9 Å². The largest absolute Gasteiger partial charge is 0.368 e. The van der Waals surface area contributed by atoms with Gasteiger partial charge in [0, 0.05) is 56.3 Å². The fraction of sp³-hybridized carbons (Fsp3) is 0.594. The number of carbonyl (C=O) groups excluding carboxylic acids is 1. The number of aromatic nitrogens is 4. The van der Waals surface area contributed by atoms with Crippen LogP contribution in [0.15, 0.2) is 29.3 Å². The third kappa shape index (κ3) is 6.61. The number of Topliss-reactive ketones (excluding diaryl/α,β-unsaturated/α-hetero) is 1. The van der Waals surface area contributed by atoms with Gasteiger partial charge in [-0.05, 0) is 57.4 Å². The molecule has 0 amide bonds. The number of piperidine rings is 1. The van der Waals surface area contributed by atoms with Gasteiger partial charge < -0.3 is 15.5 Å². The van der Waals surface area contributed by atoms with Crippen molar-refractivity contribution in [3.63, 3.8) is 0 Å². The van der Waals surface area contributed by atoms with Crippen LogP contribution < -0.4 is 21.1 Å². The topological polar surface area (TPSA) is 108 Å². The normalized spacial score (nSPS) is 20.8. The average Bonchev–Trinajstić information content (AvgIpc) is 3.54. The van der Waals surface area contributed by atoms with Crippen LogP contribution in [-0.2, 0) is 0 Å². The fourth-order valence-electron chi connectivity index (χ4n) is 6.68. The van der Waals surface area contributed by atoms with Gasteiger partial charge in [-0.25, -0.2) is 18.7 Å². The van der Waals surface area contributed by atoms with Crippen LogP contribution in [0.1, 0.15) is 74.8 Å². The highest BCUT2D eigenvalue weighted by Crippen LogP contribution is 2.33. The minimum absolute atomic E-state index is 0.00971. The van der Waals surface area contributed by atoms with E-state index in [-0.39, 0.29) is 29.5 Å². The Balaban J connectivity index is 0.00000188. The van der Waals surface area contributed by atoms with Gasteiger partial charge in [-0.3, -0.25) is 19.1 Å². The van der Waals surface area contributed by atoms with E-state index in [1.807, 2.05) is 26.0 Å². The summed E-state index contributed by atoms with van der Waals surface area (Å²) in [6.07, 6.45) is 7.80. The Hall–Kier alpha value is -3.51. The number of halogens is 2. The molecule has 2 saturated heterocycles. The number of nitrogens with one attached hydrogen (secondary N) is 2. The Labute approximate surface area is 257 Å². The molecule has 3 fully saturated rings. The number of pyridine rings is 2. The Bertz CT molecular complexity index is 1510. The highest BCUT2D eigenvalue weighted by atomic mass is 19.3. The number of piperazine rings is 1. The Kier molecular flexibility index (Phi) is 9.89. The number of ketones is 1. The van der Waals surface area contributed by atoms with E-state index in [0.29, 0.717) is 47.9 Å². The first kappa shape index (κ1) is 31.9. The van der Waals surface area contributed by atoms with Crippen LogP contribution in [0.4, 0.5) is 26.2 Å². The summed E-state index contributed by atoms with van der Waals surface area (Å²) < 4.78 is 30.2. The molecule has 3 aromatic rings. The Morgan fingerprint density at radius 3 is 2.43 bits per heavy atom. The van der Waals surface area contributed by atoms with Gasteiger partial charge in [-0.1, -0.05) is 26.7 Å². The lowest BCUT2D eigenvalue weighted by atomic mass is 9.93. The highest BCUT2D eigenvalue weighted by molar-refractivity contribution is 5.99. The molecule has 1 aliphatic carbocycles. The molecule has 0 aromatic carbocycles. The van der Waals surface area contributed by atoms with Crippen LogP contribution in [0.5, 0.6) is 0 Å². The number of aryl methyl sites for hydroxylation is 1. The molecule has 2 aliphatic heterocycles. The van der Waals surface area contributed by atoms with E-state index < -0.39 is 11.8 Å². The highest BCUT2D eigenvalue weighted by Gasteiger charge is 2.42. The SMILES string of the molecule is CC.CC(=O)c1c(C)c2cnc(Nc3ccc(N4CCN(CC5CCNCC5(F)F)CC4)cn3)nc2n(C2CCCC2)c1=O. The molecule has 6 rings (SSSR count). The summed E-state index contributed by atoms with van der Waals surface area (Å²) in [5, 5.41) is 6.66. The summed E-state index contributed by atoms with van der Waals surface area (Å²) in [4.78, 5) is 43.9. The molecular formula is C32H44F2N8O2. The molecule has 1 atom stereocenters. The predicted molar refractivity (Wildman–Crippen MR) is 169 cm³/mol. The van der Waals surface area contributed by atoms with Gasteiger partial charge in [0.2, 0.25) is 5.95 Å². The maximum Gasteiger partial charge on any atom is 0.264 e. The molecule has 0 bridgehead atoms. The van der Waals surface area contributed by atoms with Crippen LogP contribution in [-0.4, -0.2) is 81.9 Å². The zero-order chi connectivity index (χ0) is 31.4. The first-order valence-electron chi connectivity index (χ1n) is 15.9. The second-order valence-corrected chi connectivity index (χ2v) is 11.8. The minimum Gasteiger partial charge on any atom is -0.368 e. The van der Waals surface area contributed by atoms with Crippen molar-refractivity contribution in [3.05, 3.63) is 46.0 Å². The minimum atomic E-state index is -2.65. The molecule has 44 heavy (non-hydrogen) atoms. The van der Waals surface area contributed by atoms with Crippen molar-refractivity contribution in [2.75, 3.05) is 56.0 Å². The number of hydrogen-bond acceptors (Lipinski definition) is 9. The van der Waals surface area contributed by atoms with Gasteiger partial charge in [0.25, 0.3) is 11.5 Å². The Morgan fingerprint density at radius 1 is 1.07 bits per heavy atom. The summed E-state index contributed by atoms with van der Waals surface area (Å²) in [6.45, 7) is 11.0. The first-order valence-corrected chi connectivity index (χ1v) is 15.9. The maximum absolute atomic E-state index is 14.3. The van der Waals surface area contributed by atoms with Crippen LogP contribution >= 0.6 is 0 Å². The van der Waals surface area contributed by atoms with Crippen molar-refractivity contribution in [2.45, 2.75) is 71.8 Å². The van der Waals surface area contributed by atoms with Crippen molar-refractivity contribution in [1.29, 1.82) is 0 Å². The number of carbonyl (C=O) groups is 1. The van der Waals surface area contributed by atoms with E-state index in [9.17, 15) is 18.4 Å². The molecule has 0 radical (unpaired) electrons. The zero-order valence-electron chi connectivity index (χ0n) is 26.2. The van der Waals surface area contributed by atoms with E-state index >= 15 is 0 Å². The molecule has 3 aliphatic rings. The van der Waals surface area contributed by atoms with Gasteiger partial charge in [-0.2, -0.15) is 4.98 Å². The standard InChI is InChI=1S/C30H38F2N8O2.C2H6/c1-19-24-16-35-29(37-27(24)40(22-5-3-4-6-22)28(42)26(19)20(2)41)36-25-8-7-23(15-34-25)39-13-11-38(12-14-39)17-21-9-10-33-18-30(21,31)32;1-2/h7-8,15-16,21-22,33H,3-6,9-14,17-18H2,1-2H3,(H,34,35,36,37);1-2H3. The maximum atomic E-state index is 14.3. The van der Waals surface area contributed by atoms with Gasteiger partial charge in [0.1, 0.15) is 11.5 Å². The van der Waals surface area contributed by atoms with Crippen LogP contribution in [0.25, 0.3) is 11.0 Å². The average molecular weight is 611 g/mol. The van der Waals surface area contributed by atoms with Crippen LogP contribution in [0, 0.1) is 12.8 Å². The molecule has 1 saturated carbocycles. The van der Waals surface area contributed by atoms with Crippen LogP contribution in [0.2, 0.25) is 0 Å². The van der Waals surface area contributed by atoms with E-state index in [2.05, 4.69) is 30.4 Å². The summed E-state index contributed by atoms with van der Waals surface area (Å²) in [7, 11) is 0. The lowest BCUT2D eigenvalue weighted by molar-refractivity contribution is -0.0831. The quantitative estimate of drug-likeness (QED) is 0.359. The van der Waals surface area contributed by atoms with Crippen molar-refractivity contribution in [3.8, 4) is 0 Å². The first-order chi connectivity index (χ1) is 21.2. The van der Waals surface area contributed by atoms with Gasteiger partial charge >= 0.3 is 0 Å². The van der Waals surface area contributed by atoms with Crippen LogP contribution in [0.3, 0.4) is 0 Å². The van der Waals surface area contributed by atoms with Crippen molar-refractivity contribution >= 4 is 34.3 Å². The summed E-state index contributed by atoms with van der Waals surface area (Å²) >= 11 is 0. The Morgan fingerprint density at radius 2 is 1.80 bits per heavy atom. The predicted octanol–water partition coefficient (Wildman–Crippen LogP) is 4.95. The van der Waals surface area contributed by atoms with Gasteiger partial charge in [0.05, 0.1) is 24.0 Å². The number of alkyl halides is 2. The molecule has 3 aromatic heterocycles. The second kappa shape index (κ2) is 13.6. The molecule has 10 nitrogen and oxygen atoms in total. The third-order valence-corrected chi connectivity index (χ3v) is 9.08. The number of nitrogens with zero attached hydrogens (tertiary/aromatic N) is 6. The molecule has 2 N–H and O–H groups in total. The number of rotatable bonds is 7. The molecule has 1 unspecified atom stereocenters. The van der Waals surface area contributed by atoms with Crippen molar-refractivity contribution in [2.24, 2.45) is 5.92 Å². The van der Waals surface area contributed by atoms with Gasteiger partial charge in [-0.15, -0.1) is 0 Å².